The standard InChI is InChI=1S/C29H26FN5/c1-34-32-29(31-33-34)28-10-6-5-9-27(28)25-15-11-23(12-16-25)20-35(19-22-7-3-2-4-8-22)21-24-13-17-26(30)18-14-24/h2-18H,19-21H2,1H3. The third kappa shape index (κ3) is 5.67. The summed E-state index contributed by atoms with van der Waals surface area (Å²) in [6.07, 6.45) is 0. The Kier molecular flexibility index (Phi) is 6.73. The van der Waals surface area contributed by atoms with Crippen LogP contribution in [-0.4, -0.2) is 25.1 Å². The van der Waals surface area contributed by atoms with Crippen LogP contribution in [0.4, 0.5) is 4.39 Å². The maximum Gasteiger partial charge on any atom is 0.205 e. The molecule has 0 saturated carbocycles. The first-order chi connectivity index (χ1) is 17.1. The van der Waals surface area contributed by atoms with Crippen molar-refractivity contribution in [2.24, 2.45) is 7.05 Å². The predicted molar refractivity (Wildman–Crippen MR) is 135 cm³/mol. The quantitative estimate of drug-likeness (QED) is 0.288. The number of aryl methyl sites for hydroxylation is 1. The molecular formula is C29H26FN5. The molecule has 174 valence electrons. The first-order valence-electron chi connectivity index (χ1n) is 11.6. The number of rotatable bonds is 8. The van der Waals surface area contributed by atoms with Crippen molar-refractivity contribution in [3.05, 3.63) is 126 Å². The molecule has 0 bridgehead atoms. The highest BCUT2D eigenvalue weighted by atomic mass is 19.1. The Morgan fingerprint density at radius 3 is 1.80 bits per heavy atom. The largest absolute Gasteiger partial charge is 0.291 e. The predicted octanol–water partition coefficient (Wildman–Crippen LogP) is 5.89. The van der Waals surface area contributed by atoms with Gasteiger partial charge >= 0.3 is 0 Å². The lowest BCUT2D eigenvalue weighted by atomic mass is 9.98. The molecule has 0 amide bonds. The van der Waals surface area contributed by atoms with E-state index in [1.54, 1.807) is 7.05 Å². The Morgan fingerprint density at radius 2 is 1.20 bits per heavy atom. The van der Waals surface area contributed by atoms with E-state index in [4.69, 9.17) is 0 Å². The normalized spacial score (nSPS) is 11.2. The van der Waals surface area contributed by atoms with Gasteiger partial charge in [0, 0.05) is 25.2 Å². The van der Waals surface area contributed by atoms with Crippen LogP contribution in [0.5, 0.6) is 0 Å². The van der Waals surface area contributed by atoms with Gasteiger partial charge in [0.2, 0.25) is 5.82 Å². The second-order valence-corrected chi connectivity index (χ2v) is 8.60. The van der Waals surface area contributed by atoms with Gasteiger partial charge in [0.15, 0.2) is 0 Å². The van der Waals surface area contributed by atoms with Crippen LogP contribution in [0.1, 0.15) is 16.7 Å². The molecule has 0 saturated heterocycles. The van der Waals surface area contributed by atoms with E-state index < -0.39 is 0 Å². The highest BCUT2D eigenvalue weighted by molar-refractivity contribution is 5.80. The minimum Gasteiger partial charge on any atom is -0.291 e. The lowest BCUT2D eigenvalue weighted by Gasteiger charge is -2.23. The Morgan fingerprint density at radius 1 is 0.657 bits per heavy atom. The molecule has 35 heavy (non-hydrogen) atoms. The summed E-state index contributed by atoms with van der Waals surface area (Å²) >= 11 is 0. The van der Waals surface area contributed by atoms with Gasteiger partial charge in [-0.05, 0) is 45.2 Å². The number of hydrogen-bond donors (Lipinski definition) is 0. The van der Waals surface area contributed by atoms with Crippen LogP contribution in [0.3, 0.4) is 0 Å². The zero-order valence-electron chi connectivity index (χ0n) is 19.6. The van der Waals surface area contributed by atoms with Gasteiger partial charge in [0.25, 0.3) is 0 Å². The molecule has 5 nitrogen and oxygen atoms in total. The third-order valence-corrected chi connectivity index (χ3v) is 5.92. The molecular weight excluding hydrogens is 437 g/mol. The highest BCUT2D eigenvalue weighted by Crippen LogP contribution is 2.30. The van der Waals surface area contributed by atoms with E-state index in [1.165, 1.54) is 28.1 Å². The van der Waals surface area contributed by atoms with E-state index >= 15 is 0 Å². The second kappa shape index (κ2) is 10.4. The van der Waals surface area contributed by atoms with Crippen LogP contribution >= 0.6 is 0 Å². The van der Waals surface area contributed by atoms with Gasteiger partial charge in [-0.2, -0.15) is 4.80 Å². The van der Waals surface area contributed by atoms with Gasteiger partial charge in [0.05, 0.1) is 7.05 Å². The van der Waals surface area contributed by atoms with Gasteiger partial charge in [-0.3, -0.25) is 4.90 Å². The summed E-state index contributed by atoms with van der Waals surface area (Å²) in [6.45, 7) is 2.32. The van der Waals surface area contributed by atoms with Gasteiger partial charge in [-0.1, -0.05) is 91.0 Å². The Hall–Kier alpha value is -4.16. The Balaban J connectivity index is 1.37. The Bertz CT molecular complexity index is 1380. The number of nitrogens with zero attached hydrogens (tertiary/aromatic N) is 5. The maximum atomic E-state index is 13.4. The van der Waals surface area contributed by atoms with Crippen molar-refractivity contribution >= 4 is 0 Å². The van der Waals surface area contributed by atoms with E-state index in [-0.39, 0.29) is 5.82 Å². The van der Waals surface area contributed by atoms with Crippen LogP contribution in [0, 0.1) is 5.82 Å². The maximum absolute atomic E-state index is 13.4. The van der Waals surface area contributed by atoms with Gasteiger partial charge < -0.3 is 0 Å². The molecule has 1 aromatic heterocycles. The first-order valence-corrected chi connectivity index (χ1v) is 11.6. The topological polar surface area (TPSA) is 46.8 Å². The molecule has 0 fully saturated rings. The molecule has 0 aliphatic carbocycles. The van der Waals surface area contributed by atoms with Crippen LogP contribution in [0.25, 0.3) is 22.5 Å². The monoisotopic (exact) mass is 463 g/mol. The zero-order valence-corrected chi connectivity index (χ0v) is 19.6. The molecule has 0 aliphatic heterocycles. The third-order valence-electron chi connectivity index (χ3n) is 5.92. The Labute approximate surface area is 204 Å². The SMILES string of the molecule is Cn1nnc(-c2ccccc2-c2ccc(CN(Cc3ccccc3)Cc3ccc(F)cc3)cc2)n1. The number of aromatic nitrogens is 4. The first kappa shape index (κ1) is 22.6. The molecule has 5 aromatic rings. The van der Waals surface area contributed by atoms with Crippen molar-refractivity contribution in [3.63, 3.8) is 0 Å². The fourth-order valence-corrected chi connectivity index (χ4v) is 4.23. The minimum absolute atomic E-state index is 0.212. The minimum atomic E-state index is -0.212. The molecule has 0 aliphatic rings. The van der Waals surface area contributed by atoms with Crippen molar-refractivity contribution in [2.45, 2.75) is 19.6 Å². The van der Waals surface area contributed by atoms with E-state index in [0.29, 0.717) is 5.82 Å². The fraction of sp³-hybridized carbons (Fsp3) is 0.138. The summed E-state index contributed by atoms with van der Waals surface area (Å²) in [5, 5.41) is 12.5. The molecule has 0 N–H and O–H groups in total. The smallest absolute Gasteiger partial charge is 0.205 e. The van der Waals surface area contributed by atoms with Crippen molar-refractivity contribution in [2.75, 3.05) is 0 Å². The average molecular weight is 464 g/mol. The summed E-state index contributed by atoms with van der Waals surface area (Å²) < 4.78 is 13.4. The average Bonchev–Trinajstić information content (AvgIpc) is 3.32. The van der Waals surface area contributed by atoms with Crippen molar-refractivity contribution in [1.82, 2.24) is 25.1 Å². The highest BCUT2D eigenvalue weighted by Gasteiger charge is 2.13. The van der Waals surface area contributed by atoms with Crippen LogP contribution in [-0.2, 0) is 26.7 Å². The summed E-state index contributed by atoms with van der Waals surface area (Å²) in [5.41, 5.74) is 6.67. The van der Waals surface area contributed by atoms with E-state index in [2.05, 4.69) is 74.9 Å². The van der Waals surface area contributed by atoms with E-state index in [1.807, 2.05) is 36.4 Å². The van der Waals surface area contributed by atoms with E-state index in [9.17, 15) is 4.39 Å². The molecule has 0 radical (unpaired) electrons. The van der Waals surface area contributed by atoms with Crippen LogP contribution in [0.15, 0.2) is 103 Å². The summed E-state index contributed by atoms with van der Waals surface area (Å²) in [5.74, 6) is 0.399. The number of hydrogen-bond acceptors (Lipinski definition) is 4. The molecule has 0 spiro atoms. The second-order valence-electron chi connectivity index (χ2n) is 8.60. The number of tetrazole rings is 1. The molecule has 6 heteroatoms. The number of halogens is 1. The van der Waals surface area contributed by atoms with Crippen molar-refractivity contribution in [1.29, 1.82) is 0 Å². The van der Waals surface area contributed by atoms with Crippen LogP contribution in [0.2, 0.25) is 0 Å². The lowest BCUT2D eigenvalue weighted by molar-refractivity contribution is 0.247. The zero-order chi connectivity index (χ0) is 24.0. The fourth-order valence-electron chi connectivity index (χ4n) is 4.23. The van der Waals surface area contributed by atoms with Gasteiger partial charge in [-0.25, -0.2) is 4.39 Å². The summed E-state index contributed by atoms with van der Waals surface area (Å²) in [7, 11) is 1.76. The van der Waals surface area contributed by atoms with Crippen molar-refractivity contribution in [3.8, 4) is 22.5 Å². The number of benzene rings is 4. The van der Waals surface area contributed by atoms with Gasteiger partial charge in [-0.15, -0.1) is 10.2 Å². The molecule has 0 atom stereocenters. The molecule has 5 rings (SSSR count). The molecule has 4 aromatic carbocycles. The van der Waals surface area contributed by atoms with Gasteiger partial charge in [0.1, 0.15) is 5.82 Å². The molecule has 0 unspecified atom stereocenters. The summed E-state index contributed by atoms with van der Waals surface area (Å²) in [6, 6.07) is 33.9. The summed E-state index contributed by atoms with van der Waals surface area (Å²) in [4.78, 5) is 3.84. The molecule has 1 heterocycles. The van der Waals surface area contributed by atoms with Crippen molar-refractivity contribution < 1.29 is 4.39 Å². The lowest BCUT2D eigenvalue weighted by Crippen LogP contribution is -2.22. The van der Waals surface area contributed by atoms with Crippen LogP contribution < -0.4 is 0 Å². The van der Waals surface area contributed by atoms with E-state index in [0.717, 1.165) is 41.9 Å².